The maximum absolute atomic E-state index is 12.6. The third-order valence-corrected chi connectivity index (χ3v) is 6.99. The highest BCUT2D eigenvalue weighted by atomic mass is 32.2. The zero-order valence-corrected chi connectivity index (χ0v) is 17.9. The van der Waals surface area contributed by atoms with E-state index in [0.717, 1.165) is 5.56 Å². The number of aromatic amines is 1. The molecule has 0 radical (unpaired) electrons. The number of aromatic nitrogens is 3. The predicted octanol–water partition coefficient (Wildman–Crippen LogP) is 1.23. The Morgan fingerprint density at radius 2 is 1.97 bits per heavy atom. The van der Waals surface area contributed by atoms with Crippen molar-refractivity contribution in [1.29, 1.82) is 0 Å². The summed E-state index contributed by atoms with van der Waals surface area (Å²) in [5.41, 5.74) is 0.900. The van der Waals surface area contributed by atoms with E-state index in [1.807, 2.05) is 11.5 Å². The van der Waals surface area contributed by atoms with Crippen LogP contribution in [0.15, 0.2) is 29.2 Å². The summed E-state index contributed by atoms with van der Waals surface area (Å²) in [6, 6.07) is 6.69. The van der Waals surface area contributed by atoms with Crippen LogP contribution in [0, 0.1) is 4.77 Å². The van der Waals surface area contributed by atoms with Crippen molar-refractivity contribution in [1.82, 2.24) is 24.4 Å². The maximum Gasteiger partial charge on any atom is 0.243 e. The van der Waals surface area contributed by atoms with E-state index in [9.17, 15) is 13.2 Å². The lowest BCUT2D eigenvalue weighted by Crippen LogP contribution is -2.40. The maximum atomic E-state index is 12.6. The van der Waals surface area contributed by atoms with Crippen LogP contribution in [0.25, 0.3) is 0 Å². The Bertz CT molecular complexity index is 992. The first kappa shape index (κ1) is 21.6. The Hall–Kier alpha value is -2.08. The van der Waals surface area contributed by atoms with Gasteiger partial charge in [0.2, 0.25) is 15.9 Å². The number of hydrogen-bond acceptors (Lipinski definition) is 6. The lowest BCUT2D eigenvalue weighted by molar-refractivity contribution is -0.121. The van der Waals surface area contributed by atoms with Gasteiger partial charge in [0.25, 0.3) is 0 Å². The zero-order valence-electron chi connectivity index (χ0n) is 16.3. The van der Waals surface area contributed by atoms with Gasteiger partial charge in [-0.1, -0.05) is 12.1 Å². The molecule has 1 aliphatic rings. The number of ether oxygens (including phenoxy) is 1. The molecule has 29 heavy (non-hydrogen) atoms. The summed E-state index contributed by atoms with van der Waals surface area (Å²) in [5.74, 6) is 0.579. The largest absolute Gasteiger partial charge is 0.379 e. The van der Waals surface area contributed by atoms with Crippen molar-refractivity contribution in [2.75, 3.05) is 26.3 Å². The summed E-state index contributed by atoms with van der Waals surface area (Å²) >= 11 is 5.13. The molecule has 2 aromatic rings. The highest BCUT2D eigenvalue weighted by Gasteiger charge is 2.26. The van der Waals surface area contributed by atoms with Crippen molar-refractivity contribution >= 4 is 28.1 Å². The summed E-state index contributed by atoms with van der Waals surface area (Å²) in [4.78, 5) is 12.4. The van der Waals surface area contributed by atoms with Crippen LogP contribution in [0.1, 0.15) is 24.7 Å². The Balaban J connectivity index is 1.52. The summed E-state index contributed by atoms with van der Waals surface area (Å²) in [6.45, 7) is 4.50. The number of H-pyrrole nitrogens is 1. The first-order valence-electron chi connectivity index (χ1n) is 9.49. The molecule has 1 aromatic heterocycles. The predicted molar refractivity (Wildman–Crippen MR) is 109 cm³/mol. The quantitative estimate of drug-likeness (QED) is 0.599. The third kappa shape index (κ3) is 5.30. The molecule has 0 aliphatic carbocycles. The number of sulfonamides is 1. The smallest absolute Gasteiger partial charge is 0.243 e. The number of nitrogens with zero attached hydrogens (tertiary/aromatic N) is 3. The Morgan fingerprint density at radius 1 is 1.28 bits per heavy atom. The van der Waals surface area contributed by atoms with Crippen LogP contribution in [-0.2, 0) is 39.1 Å². The second kappa shape index (κ2) is 9.61. The first-order chi connectivity index (χ1) is 13.9. The molecule has 0 bridgehead atoms. The van der Waals surface area contributed by atoms with E-state index in [2.05, 4.69) is 15.5 Å². The first-order valence-corrected chi connectivity index (χ1v) is 11.3. The summed E-state index contributed by atoms with van der Waals surface area (Å²) in [5, 5.41) is 9.66. The van der Waals surface area contributed by atoms with Gasteiger partial charge in [-0.2, -0.15) is 9.40 Å². The fourth-order valence-electron chi connectivity index (χ4n) is 3.10. The van der Waals surface area contributed by atoms with Crippen LogP contribution < -0.4 is 5.32 Å². The Labute approximate surface area is 175 Å². The molecule has 2 N–H and O–H groups in total. The molecule has 1 fully saturated rings. The molecule has 1 amide bonds. The average molecular weight is 440 g/mol. The number of morpholine rings is 1. The van der Waals surface area contributed by atoms with Crippen LogP contribution in [-0.4, -0.2) is 59.7 Å². The summed E-state index contributed by atoms with van der Waals surface area (Å²) in [6.07, 6.45) is 0.817. The minimum atomic E-state index is -3.50. The van der Waals surface area contributed by atoms with Crippen LogP contribution >= 0.6 is 12.2 Å². The third-order valence-electron chi connectivity index (χ3n) is 4.77. The summed E-state index contributed by atoms with van der Waals surface area (Å²) in [7, 11) is -3.50. The van der Waals surface area contributed by atoms with E-state index < -0.39 is 10.0 Å². The molecule has 1 saturated heterocycles. The van der Waals surface area contributed by atoms with Crippen molar-refractivity contribution in [3.05, 3.63) is 40.4 Å². The van der Waals surface area contributed by atoms with Crippen molar-refractivity contribution < 1.29 is 17.9 Å². The second-order valence-corrected chi connectivity index (χ2v) is 8.95. The van der Waals surface area contributed by atoms with Crippen LogP contribution in [0.3, 0.4) is 0 Å². The molecule has 1 aliphatic heterocycles. The fourth-order valence-corrected chi connectivity index (χ4v) is 4.79. The number of carbonyl (C=O) groups excluding carboxylic acids is 1. The number of aryl methyl sites for hydroxylation is 1. The van der Waals surface area contributed by atoms with Gasteiger partial charge in [0.05, 0.1) is 24.7 Å². The van der Waals surface area contributed by atoms with E-state index >= 15 is 0 Å². The Kier molecular flexibility index (Phi) is 7.17. The van der Waals surface area contributed by atoms with Gasteiger partial charge in [0.15, 0.2) is 10.6 Å². The molecular formula is C18H25N5O4S2. The van der Waals surface area contributed by atoms with Gasteiger partial charge in [0, 0.05) is 26.1 Å². The van der Waals surface area contributed by atoms with Gasteiger partial charge in [-0.25, -0.2) is 8.42 Å². The number of carbonyl (C=O) groups is 1. The summed E-state index contributed by atoms with van der Waals surface area (Å²) < 4.78 is 34.3. The lowest BCUT2D eigenvalue weighted by atomic mass is 10.1. The van der Waals surface area contributed by atoms with Crippen LogP contribution in [0.5, 0.6) is 0 Å². The molecule has 2 heterocycles. The highest BCUT2D eigenvalue weighted by Crippen LogP contribution is 2.18. The van der Waals surface area contributed by atoms with Gasteiger partial charge in [-0.3, -0.25) is 9.89 Å². The number of hydrogen-bond donors (Lipinski definition) is 2. The van der Waals surface area contributed by atoms with Gasteiger partial charge >= 0.3 is 0 Å². The van der Waals surface area contributed by atoms with Crippen LogP contribution in [0.4, 0.5) is 0 Å². The molecule has 0 unspecified atom stereocenters. The molecule has 1 aromatic carbocycles. The van der Waals surface area contributed by atoms with Gasteiger partial charge in [0.1, 0.15) is 0 Å². The van der Waals surface area contributed by atoms with Crippen molar-refractivity contribution in [2.45, 2.75) is 37.8 Å². The highest BCUT2D eigenvalue weighted by molar-refractivity contribution is 7.89. The molecule has 11 heteroatoms. The van der Waals surface area contributed by atoms with Gasteiger partial charge < -0.3 is 14.6 Å². The van der Waals surface area contributed by atoms with Gasteiger partial charge in [-0.05, 0) is 43.3 Å². The number of nitrogens with one attached hydrogen (secondary N) is 2. The molecule has 3 rings (SSSR count). The van der Waals surface area contributed by atoms with E-state index in [1.165, 1.54) is 4.31 Å². The van der Waals surface area contributed by atoms with Crippen LogP contribution in [0.2, 0.25) is 0 Å². The van der Waals surface area contributed by atoms with E-state index in [4.69, 9.17) is 17.0 Å². The molecule has 9 nitrogen and oxygen atoms in total. The molecular weight excluding hydrogens is 414 g/mol. The normalized spacial score (nSPS) is 15.3. The molecule has 0 atom stereocenters. The Morgan fingerprint density at radius 3 is 2.62 bits per heavy atom. The van der Waals surface area contributed by atoms with Gasteiger partial charge in [-0.15, -0.1) is 0 Å². The molecule has 0 spiro atoms. The van der Waals surface area contributed by atoms with Crippen molar-refractivity contribution in [2.24, 2.45) is 0 Å². The standard InChI is InChI=1S/C18H25N5O4S2/c1-2-23-16(20-21-18(23)28)13-19-17(24)8-5-14-3-6-15(7-4-14)29(25,26)22-9-11-27-12-10-22/h3-4,6-7H,2,5,8-13H2,1H3,(H,19,24)(H,21,28). The average Bonchev–Trinajstić information content (AvgIpc) is 3.11. The number of rotatable bonds is 8. The minimum absolute atomic E-state index is 0.105. The number of benzene rings is 1. The zero-order chi connectivity index (χ0) is 20.9. The monoisotopic (exact) mass is 439 g/mol. The van der Waals surface area contributed by atoms with Crippen molar-refractivity contribution in [3.63, 3.8) is 0 Å². The molecule has 158 valence electrons. The van der Waals surface area contributed by atoms with E-state index in [-0.39, 0.29) is 10.8 Å². The van der Waals surface area contributed by atoms with Crippen molar-refractivity contribution in [3.8, 4) is 0 Å². The fraction of sp³-hybridized carbons (Fsp3) is 0.500. The number of amides is 1. The van der Waals surface area contributed by atoms with E-state index in [0.29, 0.717) is 62.8 Å². The molecule has 0 saturated carbocycles. The van der Waals surface area contributed by atoms with E-state index in [1.54, 1.807) is 24.3 Å². The lowest BCUT2D eigenvalue weighted by Gasteiger charge is -2.26. The SMILES string of the molecule is CCn1c(CNC(=O)CCc2ccc(S(=O)(=O)N3CCOCC3)cc2)n[nH]c1=S. The topological polar surface area (TPSA) is 109 Å². The minimum Gasteiger partial charge on any atom is -0.379 e. The second-order valence-electron chi connectivity index (χ2n) is 6.63.